The number of rotatable bonds is 6. The van der Waals surface area contributed by atoms with Crippen molar-refractivity contribution >= 4 is 6.09 Å². The van der Waals surface area contributed by atoms with Crippen LogP contribution in [-0.2, 0) is 17.8 Å². The predicted octanol–water partition coefficient (Wildman–Crippen LogP) is 2.91. The second kappa shape index (κ2) is 7.61. The third kappa shape index (κ3) is 4.90. The van der Waals surface area contributed by atoms with E-state index < -0.39 is 11.6 Å². The molecule has 2 aromatic rings. The number of aliphatic hydroxyl groups is 1. The molecule has 0 heterocycles. The molecule has 1 atom stereocenters. The Morgan fingerprint density at radius 1 is 1.05 bits per heavy atom. The van der Waals surface area contributed by atoms with Gasteiger partial charge in [0.15, 0.2) is 0 Å². The Hall–Kier alpha value is -2.33. The molecule has 2 N–H and O–H groups in total. The molecule has 0 aliphatic heterocycles. The molecule has 4 heteroatoms. The van der Waals surface area contributed by atoms with Gasteiger partial charge in [0.1, 0.15) is 6.61 Å². The van der Waals surface area contributed by atoms with E-state index in [1.807, 2.05) is 60.7 Å². The highest BCUT2D eigenvalue weighted by atomic mass is 16.5. The van der Waals surface area contributed by atoms with Gasteiger partial charge in [0, 0.05) is 0 Å². The fourth-order valence-electron chi connectivity index (χ4n) is 2.19. The first kappa shape index (κ1) is 16.0. The molecule has 2 rings (SSSR count). The smallest absolute Gasteiger partial charge is 0.407 e. The molecule has 0 radical (unpaired) electrons. The largest absolute Gasteiger partial charge is 0.445 e. The predicted molar refractivity (Wildman–Crippen MR) is 85.4 cm³/mol. The second-order valence-corrected chi connectivity index (χ2v) is 5.57. The van der Waals surface area contributed by atoms with E-state index in [9.17, 15) is 9.90 Å². The van der Waals surface area contributed by atoms with E-state index in [1.165, 1.54) is 0 Å². The topological polar surface area (TPSA) is 58.6 Å². The van der Waals surface area contributed by atoms with Crippen molar-refractivity contribution in [2.24, 2.45) is 0 Å². The summed E-state index contributed by atoms with van der Waals surface area (Å²) in [7, 11) is 0. The van der Waals surface area contributed by atoms with Gasteiger partial charge in [-0.3, -0.25) is 0 Å². The van der Waals surface area contributed by atoms with Crippen LogP contribution in [0.15, 0.2) is 60.7 Å². The van der Waals surface area contributed by atoms with Crippen molar-refractivity contribution in [2.75, 3.05) is 6.61 Å². The third-order valence-electron chi connectivity index (χ3n) is 3.40. The summed E-state index contributed by atoms with van der Waals surface area (Å²) in [5, 5.41) is 12.4. The Labute approximate surface area is 130 Å². The fourth-order valence-corrected chi connectivity index (χ4v) is 2.19. The number of amides is 1. The Kier molecular flexibility index (Phi) is 5.55. The van der Waals surface area contributed by atoms with Crippen LogP contribution in [0, 0.1) is 0 Å². The minimum Gasteiger partial charge on any atom is -0.445 e. The number of aliphatic hydroxyl groups excluding tert-OH is 1. The van der Waals surface area contributed by atoms with Crippen molar-refractivity contribution in [3.63, 3.8) is 0 Å². The molecule has 0 aliphatic carbocycles. The normalized spacial score (nSPS) is 13.2. The van der Waals surface area contributed by atoms with E-state index in [4.69, 9.17) is 4.74 Å². The van der Waals surface area contributed by atoms with Gasteiger partial charge >= 0.3 is 6.09 Å². The molecule has 0 spiro atoms. The van der Waals surface area contributed by atoms with Crippen LogP contribution in [0.3, 0.4) is 0 Å². The average Bonchev–Trinajstić information content (AvgIpc) is 2.55. The zero-order chi connectivity index (χ0) is 15.8. The average molecular weight is 299 g/mol. The van der Waals surface area contributed by atoms with Crippen molar-refractivity contribution in [3.05, 3.63) is 71.8 Å². The number of alkyl carbamates (subject to hydrolysis) is 1. The van der Waals surface area contributed by atoms with Crippen molar-refractivity contribution in [1.82, 2.24) is 5.32 Å². The molecule has 0 aromatic heterocycles. The fraction of sp³-hybridized carbons (Fsp3) is 0.278. The Balaban J connectivity index is 1.89. The zero-order valence-electron chi connectivity index (χ0n) is 12.7. The number of carbonyl (C=O) groups is 1. The minimum atomic E-state index is -0.755. The van der Waals surface area contributed by atoms with Gasteiger partial charge < -0.3 is 15.2 Å². The number of benzene rings is 2. The van der Waals surface area contributed by atoms with Gasteiger partial charge in [-0.2, -0.15) is 0 Å². The zero-order valence-corrected chi connectivity index (χ0v) is 12.7. The quantitative estimate of drug-likeness (QED) is 0.862. The van der Waals surface area contributed by atoms with Crippen LogP contribution in [0.4, 0.5) is 4.79 Å². The monoisotopic (exact) mass is 299 g/mol. The number of carbonyl (C=O) groups excluding carboxylic acids is 1. The van der Waals surface area contributed by atoms with E-state index in [2.05, 4.69) is 5.32 Å². The Bertz CT molecular complexity index is 586. The van der Waals surface area contributed by atoms with E-state index in [1.54, 1.807) is 6.92 Å². The highest BCUT2D eigenvalue weighted by Gasteiger charge is 2.26. The summed E-state index contributed by atoms with van der Waals surface area (Å²) in [6, 6.07) is 19.2. The number of ether oxygens (including phenoxy) is 1. The molecule has 0 unspecified atom stereocenters. The Morgan fingerprint density at radius 2 is 1.59 bits per heavy atom. The van der Waals surface area contributed by atoms with E-state index in [0.717, 1.165) is 11.1 Å². The van der Waals surface area contributed by atoms with Gasteiger partial charge in [-0.05, 0) is 24.5 Å². The second-order valence-electron chi connectivity index (χ2n) is 5.57. The molecule has 0 fully saturated rings. The maximum Gasteiger partial charge on any atom is 0.407 e. The molecule has 0 saturated carbocycles. The van der Waals surface area contributed by atoms with E-state index >= 15 is 0 Å². The Morgan fingerprint density at radius 3 is 2.14 bits per heavy atom. The van der Waals surface area contributed by atoms with Crippen molar-refractivity contribution in [1.29, 1.82) is 0 Å². The molecule has 22 heavy (non-hydrogen) atoms. The summed E-state index contributed by atoms with van der Waals surface area (Å²) in [5.41, 5.74) is 1.21. The molecule has 0 aliphatic rings. The molecule has 4 nitrogen and oxygen atoms in total. The lowest BCUT2D eigenvalue weighted by Crippen LogP contribution is -2.50. The summed E-state index contributed by atoms with van der Waals surface area (Å²) in [6.07, 6.45) is 0.00134. The van der Waals surface area contributed by atoms with E-state index in [0.29, 0.717) is 6.42 Å². The summed E-state index contributed by atoms with van der Waals surface area (Å²) >= 11 is 0. The first-order valence-corrected chi connectivity index (χ1v) is 7.25. The first-order chi connectivity index (χ1) is 10.6. The summed E-state index contributed by atoms with van der Waals surface area (Å²) in [6.45, 7) is 1.84. The van der Waals surface area contributed by atoms with Crippen LogP contribution < -0.4 is 5.32 Å². The summed E-state index contributed by atoms with van der Waals surface area (Å²) < 4.78 is 5.20. The van der Waals surface area contributed by atoms with Gasteiger partial charge in [0.05, 0.1) is 12.1 Å². The molecule has 2 aromatic carbocycles. The van der Waals surface area contributed by atoms with Crippen molar-refractivity contribution in [2.45, 2.75) is 25.5 Å². The number of hydrogen-bond acceptors (Lipinski definition) is 3. The van der Waals surface area contributed by atoms with Gasteiger partial charge in [-0.25, -0.2) is 4.79 Å². The molecular weight excluding hydrogens is 278 g/mol. The van der Waals surface area contributed by atoms with Crippen LogP contribution >= 0.6 is 0 Å². The molecule has 116 valence electrons. The lowest BCUT2D eigenvalue weighted by molar-refractivity contribution is 0.111. The van der Waals surface area contributed by atoms with Crippen LogP contribution in [-0.4, -0.2) is 23.3 Å². The van der Waals surface area contributed by atoms with Gasteiger partial charge in [0.2, 0.25) is 0 Å². The first-order valence-electron chi connectivity index (χ1n) is 7.25. The van der Waals surface area contributed by atoms with E-state index in [-0.39, 0.29) is 13.2 Å². The highest BCUT2D eigenvalue weighted by molar-refractivity contribution is 5.68. The molecule has 0 bridgehead atoms. The van der Waals surface area contributed by atoms with Crippen LogP contribution in [0.2, 0.25) is 0 Å². The maximum atomic E-state index is 11.9. The van der Waals surface area contributed by atoms with Crippen LogP contribution in [0.5, 0.6) is 0 Å². The van der Waals surface area contributed by atoms with Crippen LogP contribution in [0.25, 0.3) is 0 Å². The molecule has 1 amide bonds. The summed E-state index contributed by atoms with van der Waals surface area (Å²) in [4.78, 5) is 11.9. The van der Waals surface area contributed by atoms with Gasteiger partial charge in [-0.1, -0.05) is 60.7 Å². The number of hydrogen-bond donors (Lipinski definition) is 2. The lowest BCUT2D eigenvalue weighted by atomic mass is 9.94. The lowest BCUT2D eigenvalue weighted by Gasteiger charge is -2.28. The highest BCUT2D eigenvalue weighted by Crippen LogP contribution is 2.13. The van der Waals surface area contributed by atoms with Gasteiger partial charge in [0.25, 0.3) is 0 Å². The maximum absolute atomic E-state index is 11.9. The van der Waals surface area contributed by atoms with Crippen molar-refractivity contribution in [3.8, 4) is 0 Å². The number of nitrogens with one attached hydrogen (secondary N) is 1. The third-order valence-corrected chi connectivity index (χ3v) is 3.40. The standard InChI is InChI=1S/C18H21NO3/c1-18(14-20,12-15-8-4-2-5-9-15)19-17(21)22-13-16-10-6-3-7-11-16/h2-11,20H,12-14H2,1H3,(H,19,21)/t18-/m1/s1. The van der Waals surface area contributed by atoms with Crippen LogP contribution in [0.1, 0.15) is 18.1 Å². The molecule has 0 saturated heterocycles. The van der Waals surface area contributed by atoms with Crippen molar-refractivity contribution < 1.29 is 14.6 Å². The SMILES string of the molecule is C[C@](CO)(Cc1ccccc1)NC(=O)OCc1ccccc1. The summed E-state index contributed by atoms with van der Waals surface area (Å²) in [5.74, 6) is 0. The minimum absolute atomic E-state index is 0.164. The molecular formula is C18H21NO3. The van der Waals surface area contributed by atoms with Gasteiger partial charge in [-0.15, -0.1) is 0 Å².